The molecular weight excluding hydrogens is 450 g/mol. The number of ether oxygens (including phenoxy) is 2. The van der Waals surface area contributed by atoms with Gasteiger partial charge >= 0.3 is 0 Å². The highest BCUT2D eigenvalue weighted by Crippen LogP contribution is 2.59. The summed E-state index contributed by atoms with van der Waals surface area (Å²) in [5.41, 5.74) is 1.40. The second kappa shape index (κ2) is 9.05. The molecule has 0 radical (unpaired) electrons. The first-order valence-electron chi connectivity index (χ1n) is 12.8. The van der Waals surface area contributed by atoms with Crippen molar-refractivity contribution in [3.8, 4) is 0 Å². The normalized spacial score (nSPS) is 29.2. The fourth-order valence-corrected chi connectivity index (χ4v) is 6.82. The molecule has 1 amide bonds. The van der Waals surface area contributed by atoms with Crippen LogP contribution in [-0.2, 0) is 14.3 Å². The Morgan fingerprint density at radius 1 is 1.15 bits per heavy atom. The van der Waals surface area contributed by atoms with Gasteiger partial charge in [-0.3, -0.25) is 9.69 Å². The molecule has 1 N–H and O–H groups in total. The van der Waals surface area contributed by atoms with Crippen molar-refractivity contribution in [2.75, 3.05) is 38.7 Å². The van der Waals surface area contributed by atoms with Gasteiger partial charge in [0.15, 0.2) is 0 Å². The van der Waals surface area contributed by atoms with E-state index in [1.165, 1.54) is 18.4 Å². The van der Waals surface area contributed by atoms with Crippen LogP contribution in [0.15, 0.2) is 24.4 Å². The molecule has 1 spiro atoms. The Balaban J connectivity index is 1.12. The molecule has 1 aromatic heterocycles. The van der Waals surface area contributed by atoms with Crippen LogP contribution >= 0.6 is 11.6 Å². The van der Waals surface area contributed by atoms with E-state index in [0.29, 0.717) is 23.9 Å². The number of nitrogens with zero attached hydrogens (tertiary/aromatic N) is 2. The highest BCUT2D eigenvalue weighted by atomic mass is 35.5. The molecule has 2 saturated heterocycles. The second-order valence-electron chi connectivity index (χ2n) is 10.8. The molecule has 4 aliphatic rings. The van der Waals surface area contributed by atoms with Crippen molar-refractivity contribution in [3.63, 3.8) is 0 Å². The molecule has 3 heterocycles. The summed E-state index contributed by atoms with van der Waals surface area (Å²) in [6, 6.07) is 6.94. The van der Waals surface area contributed by atoms with Gasteiger partial charge in [-0.25, -0.2) is 4.98 Å². The summed E-state index contributed by atoms with van der Waals surface area (Å²) in [7, 11) is 1.81. The Morgan fingerprint density at radius 3 is 2.65 bits per heavy atom. The number of carbonyl (C=O) groups excluding carboxylic acids is 1. The highest BCUT2D eigenvalue weighted by Gasteiger charge is 2.58. The number of hydrogen-bond acceptors (Lipinski definition) is 5. The van der Waals surface area contributed by atoms with E-state index in [0.717, 1.165) is 74.2 Å². The fourth-order valence-electron chi connectivity index (χ4n) is 6.50. The molecule has 2 aliphatic heterocycles. The van der Waals surface area contributed by atoms with Crippen molar-refractivity contribution in [1.29, 1.82) is 0 Å². The number of aromatic nitrogens is 1. The van der Waals surface area contributed by atoms with Crippen molar-refractivity contribution in [3.05, 3.63) is 35.0 Å². The molecule has 182 valence electrons. The minimum absolute atomic E-state index is 0.0930. The number of fused-ring (bicyclic) bond motifs is 1. The minimum atomic E-state index is 0.0930. The third-order valence-corrected chi connectivity index (χ3v) is 9.27. The van der Waals surface area contributed by atoms with Crippen LogP contribution in [0.3, 0.4) is 0 Å². The number of rotatable bonds is 5. The Kier molecular flexibility index (Phi) is 6.05. The Labute approximate surface area is 206 Å². The van der Waals surface area contributed by atoms with Gasteiger partial charge in [0, 0.05) is 62.0 Å². The topological polar surface area (TPSA) is 63.7 Å². The standard InChI is InChI=1S/C27H34ClN3O3/c1-33-21-15-31(16-21)20-4-2-17(3-5-20)22-10-18-12-25(29-14-19(18)11-24(22)28)30-26(32)23-13-27(23)6-8-34-9-7-27/h10-12,14,17,20-21,23H,2-9,13,15-16H2,1H3,(H,29,30,32)/t17-,20-,23-/m0/s1. The maximum Gasteiger partial charge on any atom is 0.229 e. The third kappa shape index (κ3) is 4.23. The zero-order valence-corrected chi connectivity index (χ0v) is 20.7. The highest BCUT2D eigenvalue weighted by molar-refractivity contribution is 6.32. The van der Waals surface area contributed by atoms with E-state index in [-0.39, 0.29) is 17.2 Å². The molecule has 2 aromatic rings. The van der Waals surface area contributed by atoms with Crippen LogP contribution in [0, 0.1) is 11.3 Å². The number of likely N-dealkylation sites (tertiary alicyclic amines) is 1. The van der Waals surface area contributed by atoms with Crippen LogP contribution in [0.2, 0.25) is 5.02 Å². The molecule has 2 saturated carbocycles. The number of halogens is 1. The molecule has 4 fully saturated rings. The number of nitrogens with one attached hydrogen (secondary N) is 1. The van der Waals surface area contributed by atoms with Gasteiger partial charge < -0.3 is 14.8 Å². The number of hydrogen-bond donors (Lipinski definition) is 1. The lowest BCUT2D eigenvalue weighted by Gasteiger charge is -2.46. The second-order valence-corrected chi connectivity index (χ2v) is 11.2. The summed E-state index contributed by atoms with van der Waals surface area (Å²) >= 11 is 6.73. The van der Waals surface area contributed by atoms with Crippen LogP contribution in [0.1, 0.15) is 56.4 Å². The van der Waals surface area contributed by atoms with E-state index in [4.69, 9.17) is 21.1 Å². The Hall–Kier alpha value is -1.73. The number of methoxy groups -OCH3 is 1. The summed E-state index contributed by atoms with van der Waals surface area (Å²) in [6.45, 7) is 3.68. The molecule has 6 nitrogen and oxygen atoms in total. The van der Waals surface area contributed by atoms with Crippen LogP contribution in [0.25, 0.3) is 10.8 Å². The first-order chi connectivity index (χ1) is 16.5. The van der Waals surface area contributed by atoms with Crippen molar-refractivity contribution in [2.45, 2.75) is 63.0 Å². The zero-order valence-electron chi connectivity index (χ0n) is 19.9. The first-order valence-corrected chi connectivity index (χ1v) is 13.2. The number of anilines is 1. The summed E-state index contributed by atoms with van der Waals surface area (Å²) in [4.78, 5) is 20.0. The number of amides is 1. The molecular formula is C27H34ClN3O3. The smallest absolute Gasteiger partial charge is 0.229 e. The summed E-state index contributed by atoms with van der Waals surface area (Å²) in [5.74, 6) is 1.31. The maximum absolute atomic E-state index is 12.9. The average molecular weight is 484 g/mol. The van der Waals surface area contributed by atoms with Crippen molar-refractivity contribution in [1.82, 2.24) is 9.88 Å². The molecule has 7 heteroatoms. The first kappa shape index (κ1) is 22.7. The zero-order chi connectivity index (χ0) is 23.3. The SMILES string of the molecule is COC1CN([C@H]2CC[C@H](c3cc4cc(NC(=O)[C@@H]5CC56CCOCC6)ncc4cc3Cl)CC2)C1. The van der Waals surface area contributed by atoms with Crippen molar-refractivity contribution < 1.29 is 14.3 Å². The molecule has 6 rings (SSSR count). The van der Waals surface area contributed by atoms with Gasteiger partial charge in [-0.05, 0) is 85.4 Å². The van der Waals surface area contributed by atoms with E-state index in [9.17, 15) is 4.79 Å². The summed E-state index contributed by atoms with van der Waals surface area (Å²) in [5, 5.41) is 6.02. The number of carbonyl (C=O) groups is 1. The summed E-state index contributed by atoms with van der Waals surface area (Å²) in [6.07, 6.45) is 9.93. The monoisotopic (exact) mass is 483 g/mol. The van der Waals surface area contributed by atoms with Crippen LogP contribution in [0.5, 0.6) is 0 Å². The third-order valence-electron chi connectivity index (χ3n) is 8.95. The van der Waals surface area contributed by atoms with E-state index < -0.39 is 0 Å². The van der Waals surface area contributed by atoms with E-state index in [1.54, 1.807) is 0 Å². The van der Waals surface area contributed by atoms with E-state index in [2.05, 4.69) is 21.3 Å². The largest absolute Gasteiger partial charge is 0.381 e. The number of pyridine rings is 1. The predicted octanol–water partition coefficient (Wildman–Crippen LogP) is 5.00. The van der Waals surface area contributed by atoms with Crippen LogP contribution in [0.4, 0.5) is 5.82 Å². The Morgan fingerprint density at radius 2 is 1.91 bits per heavy atom. The lowest BCUT2D eigenvalue weighted by molar-refractivity contribution is -0.118. The molecule has 1 aromatic carbocycles. The average Bonchev–Trinajstić information content (AvgIpc) is 3.52. The fraction of sp³-hybridized carbons (Fsp3) is 0.630. The van der Waals surface area contributed by atoms with Gasteiger partial charge in [0.1, 0.15) is 5.82 Å². The van der Waals surface area contributed by atoms with Gasteiger partial charge in [-0.2, -0.15) is 0 Å². The van der Waals surface area contributed by atoms with Gasteiger partial charge in [0.05, 0.1) is 6.10 Å². The van der Waals surface area contributed by atoms with Crippen molar-refractivity contribution in [2.24, 2.45) is 11.3 Å². The van der Waals surface area contributed by atoms with E-state index >= 15 is 0 Å². The van der Waals surface area contributed by atoms with E-state index in [1.807, 2.05) is 25.4 Å². The van der Waals surface area contributed by atoms with Crippen LogP contribution in [-0.4, -0.2) is 61.3 Å². The van der Waals surface area contributed by atoms with Gasteiger partial charge in [-0.1, -0.05) is 11.6 Å². The lowest BCUT2D eigenvalue weighted by Crippen LogP contribution is -2.56. The predicted molar refractivity (Wildman–Crippen MR) is 133 cm³/mol. The van der Waals surface area contributed by atoms with Gasteiger partial charge in [0.25, 0.3) is 0 Å². The molecule has 34 heavy (non-hydrogen) atoms. The molecule has 1 atom stereocenters. The maximum atomic E-state index is 12.9. The number of benzene rings is 1. The van der Waals surface area contributed by atoms with Gasteiger partial charge in [0.2, 0.25) is 5.91 Å². The Bertz CT molecular complexity index is 1070. The quantitative estimate of drug-likeness (QED) is 0.648. The minimum Gasteiger partial charge on any atom is -0.381 e. The molecule has 2 aliphatic carbocycles. The van der Waals surface area contributed by atoms with Gasteiger partial charge in [-0.15, -0.1) is 0 Å². The molecule has 0 bridgehead atoms. The lowest BCUT2D eigenvalue weighted by atomic mass is 9.80. The van der Waals surface area contributed by atoms with Crippen molar-refractivity contribution >= 4 is 34.1 Å². The molecule has 0 unspecified atom stereocenters. The van der Waals surface area contributed by atoms with Crippen LogP contribution < -0.4 is 5.32 Å². The summed E-state index contributed by atoms with van der Waals surface area (Å²) < 4.78 is 10.9.